The molecule has 4 nitrogen and oxygen atoms in total. The number of aliphatic hydroxyl groups excluding tert-OH is 1. The Balaban J connectivity index is 1.54. The van der Waals surface area contributed by atoms with E-state index in [4.69, 9.17) is 0 Å². The van der Waals surface area contributed by atoms with E-state index in [9.17, 15) is 14.3 Å². The molecule has 3 fully saturated rings. The fraction of sp³-hybridized carbons (Fsp3) is 0.938. The number of hydrogen-bond donors (Lipinski definition) is 1. The van der Waals surface area contributed by atoms with Crippen molar-refractivity contribution < 1.29 is 14.3 Å². The van der Waals surface area contributed by atoms with Crippen molar-refractivity contribution in [2.24, 2.45) is 11.8 Å². The summed E-state index contributed by atoms with van der Waals surface area (Å²) < 4.78 is 13.1. The van der Waals surface area contributed by atoms with E-state index in [1.54, 1.807) is 0 Å². The van der Waals surface area contributed by atoms with E-state index in [2.05, 4.69) is 0 Å². The number of rotatable bonds is 3. The molecule has 1 saturated carbocycles. The van der Waals surface area contributed by atoms with Gasteiger partial charge in [0.2, 0.25) is 5.91 Å². The first-order valence-electron chi connectivity index (χ1n) is 8.43. The average Bonchev–Trinajstić information content (AvgIpc) is 2.93. The molecular weight excluding hydrogens is 271 g/mol. The van der Waals surface area contributed by atoms with E-state index in [1.165, 1.54) is 25.7 Å². The molecule has 1 amide bonds. The molecule has 3 aliphatic rings. The van der Waals surface area contributed by atoms with Crippen LogP contribution >= 0.6 is 0 Å². The minimum absolute atomic E-state index is 0.152. The predicted molar refractivity (Wildman–Crippen MR) is 78.6 cm³/mol. The third kappa shape index (κ3) is 3.39. The highest BCUT2D eigenvalue weighted by Gasteiger charge is 2.37. The van der Waals surface area contributed by atoms with Crippen LogP contribution < -0.4 is 0 Å². The molecule has 2 aliphatic heterocycles. The van der Waals surface area contributed by atoms with Crippen molar-refractivity contribution in [1.82, 2.24) is 9.80 Å². The van der Waals surface area contributed by atoms with Crippen LogP contribution in [0.15, 0.2) is 0 Å². The molecule has 1 aliphatic carbocycles. The van der Waals surface area contributed by atoms with Gasteiger partial charge >= 0.3 is 0 Å². The van der Waals surface area contributed by atoms with Crippen LogP contribution in [0.5, 0.6) is 0 Å². The quantitative estimate of drug-likeness (QED) is 0.857. The van der Waals surface area contributed by atoms with Crippen molar-refractivity contribution in [3.63, 3.8) is 0 Å². The van der Waals surface area contributed by atoms with Crippen LogP contribution in [-0.4, -0.2) is 65.8 Å². The van der Waals surface area contributed by atoms with Crippen LogP contribution in [-0.2, 0) is 4.79 Å². The van der Waals surface area contributed by atoms with Crippen molar-refractivity contribution in [2.45, 2.75) is 50.7 Å². The van der Waals surface area contributed by atoms with E-state index in [0.29, 0.717) is 37.8 Å². The SMILES string of the molecule is O=C(CN1CCC(O)CC1CF)N1CC2CCCCC2C1. The van der Waals surface area contributed by atoms with Gasteiger partial charge in [0.05, 0.1) is 12.6 Å². The largest absolute Gasteiger partial charge is 0.393 e. The standard InChI is InChI=1S/C16H27FN2O2/c17-8-14-7-15(20)5-6-18(14)11-16(21)19-9-12-3-1-2-4-13(12)10-19/h12-15,20H,1-11H2. The van der Waals surface area contributed by atoms with E-state index in [0.717, 1.165) is 13.1 Å². The van der Waals surface area contributed by atoms with Crippen molar-refractivity contribution in [2.75, 3.05) is 32.9 Å². The highest BCUT2D eigenvalue weighted by atomic mass is 19.1. The maximum Gasteiger partial charge on any atom is 0.236 e. The van der Waals surface area contributed by atoms with Crippen molar-refractivity contribution >= 4 is 5.91 Å². The lowest BCUT2D eigenvalue weighted by molar-refractivity contribution is -0.133. The highest BCUT2D eigenvalue weighted by molar-refractivity contribution is 5.78. The Hall–Kier alpha value is -0.680. The van der Waals surface area contributed by atoms with E-state index >= 15 is 0 Å². The summed E-state index contributed by atoms with van der Waals surface area (Å²) in [6, 6.07) is -0.289. The summed E-state index contributed by atoms with van der Waals surface area (Å²) in [6.07, 6.45) is 5.82. The fourth-order valence-electron chi connectivity index (χ4n) is 4.33. The van der Waals surface area contributed by atoms with Gasteiger partial charge in [-0.25, -0.2) is 4.39 Å². The van der Waals surface area contributed by atoms with Gasteiger partial charge in [-0.05, 0) is 37.5 Å². The summed E-state index contributed by atoms with van der Waals surface area (Å²) in [5.41, 5.74) is 0. The number of carbonyl (C=O) groups is 1. The number of amides is 1. The lowest BCUT2D eigenvalue weighted by Gasteiger charge is -2.36. The third-order valence-electron chi connectivity index (χ3n) is 5.66. The van der Waals surface area contributed by atoms with Gasteiger partial charge in [-0.1, -0.05) is 12.8 Å². The van der Waals surface area contributed by atoms with Crippen LogP contribution in [0.1, 0.15) is 38.5 Å². The second-order valence-corrected chi connectivity index (χ2v) is 7.06. The van der Waals surface area contributed by atoms with Gasteiger partial charge in [-0.15, -0.1) is 0 Å². The molecule has 120 valence electrons. The number of hydrogen-bond acceptors (Lipinski definition) is 3. The number of piperidine rings is 1. The van der Waals surface area contributed by atoms with E-state index in [1.807, 2.05) is 9.80 Å². The van der Waals surface area contributed by atoms with Crippen LogP contribution in [0.2, 0.25) is 0 Å². The number of likely N-dealkylation sites (tertiary alicyclic amines) is 2. The van der Waals surface area contributed by atoms with Crippen LogP contribution in [0.3, 0.4) is 0 Å². The van der Waals surface area contributed by atoms with Gasteiger partial charge in [-0.2, -0.15) is 0 Å². The molecule has 3 rings (SSSR count). The van der Waals surface area contributed by atoms with Gasteiger partial charge in [0.1, 0.15) is 6.67 Å². The second-order valence-electron chi connectivity index (χ2n) is 7.06. The summed E-state index contributed by atoms with van der Waals surface area (Å²) in [7, 11) is 0. The second kappa shape index (κ2) is 6.61. The molecule has 0 aromatic rings. The lowest BCUT2D eigenvalue weighted by Crippen LogP contribution is -2.50. The molecule has 2 heterocycles. The zero-order valence-corrected chi connectivity index (χ0v) is 12.7. The van der Waals surface area contributed by atoms with Crippen molar-refractivity contribution in [3.05, 3.63) is 0 Å². The third-order valence-corrected chi connectivity index (χ3v) is 5.66. The molecule has 0 aromatic carbocycles. The van der Waals surface area contributed by atoms with Crippen LogP contribution in [0, 0.1) is 11.8 Å². The maximum atomic E-state index is 13.1. The molecule has 2 saturated heterocycles. The van der Waals surface area contributed by atoms with Gasteiger partial charge < -0.3 is 10.0 Å². The molecule has 1 N–H and O–H groups in total. The number of halogens is 1. The zero-order chi connectivity index (χ0) is 14.8. The van der Waals surface area contributed by atoms with Crippen molar-refractivity contribution in [1.29, 1.82) is 0 Å². The molecule has 0 aromatic heterocycles. The molecule has 21 heavy (non-hydrogen) atoms. The summed E-state index contributed by atoms with van der Waals surface area (Å²) in [6.45, 7) is 2.28. The molecule has 0 radical (unpaired) electrons. The number of nitrogens with zero attached hydrogens (tertiary/aromatic N) is 2. The van der Waals surface area contributed by atoms with Gasteiger partial charge in [0, 0.05) is 25.7 Å². The maximum absolute atomic E-state index is 13.1. The summed E-state index contributed by atoms with van der Waals surface area (Å²) in [5.74, 6) is 1.55. The van der Waals surface area contributed by atoms with Crippen LogP contribution in [0.4, 0.5) is 4.39 Å². The summed E-state index contributed by atoms with van der Waals surface area (Å²) in [5, 5.41) is 9.63. The first-order valence-corrected chi connectivity index (χ1v) is 8.43. The summed E-state index contributed by atoms with van der Waals surface area (Å²) in [4.78, 5) is 16.4. The minimum atomic E-state index is -0.477. The molecule has 4 atom stereocenters. The fourth-order valence-corrected chi connectivity index (χ4v) is 4.33. The topological polar surface area (TPSA) is 43.8 Å². The Morgan fingerprint density at radius 3 is 2.43 bits per heavy atom. The van der Waals surface area contributed by atoms with E-state index in [-0.39, 0.29) is 11.9 Å². The predicted octanol–water partition coefficient (Wildman–Crippen LogP) is 1.43. The van der Waals surface area contributed by atoms with Crippen LogP contribution in [0.25, 0.3) is 0 Å². The number of fused-ring (bicyclic) bond motifs is 1. The Labute approximate surface area is 126 Å². The number of alkyl halides is 1. The minimum Gasteiger partial charge on any atom is -0.393 e. The zero-order valence-electron chi connectivity index (χ0n) is 12.7. The highest BCUT2D eigenvalue weighted by Crippen LogP contribution is 2.36. The van der Waals surface area contributed by atoms with Gasteiger partial charge in [-0.3, -0.25) is 9.69 Å². The van der Waals surface area contributed by atoms with E-state index < -0.39 is 12.8 Å². The average molecular weight is 298 g/mol. The number of carbonyl (C=O) groups excluding carboxylic acids is 1. The number of aliphatic hydroxyl groups is 1. The summed E-state index contributed by atoms with van der Waals surface area (Å²) >= 11 is 0. The lowest BCUT2D eigenvalue weighted by atomic mass is 9.82. The Morgan fingerprint density at radius 2 is 1.81 bits per heavy atom. The van der Waals surface area contributed by atoms with Gasteiger partial charge in [0.25, 0.3) is 0 Å². The Morgan fingerprint density at radius 1 is 1.14 bits per heavy atom. The van der Waals surface area contributed by atoms with Gasteiger partial charge in [0.15, 0.2) is 0 Å². The molecule has 4 unspecified atom stereocenters. The Bertz CT molecular complexity index is 365. The first-order chi connectivity index (χ1) is 10.2. The van der Waals surface area contributed by atoms with Crippen molar-refractivity contribution in [3.8, 4) is 0 Å². The normalized spacial score (nSPS) is 37.5. The molecule has 0 spiro atoms. The first kappa shape index (κ1) is 15.2. The Kier molecular flexibility index (Phi) is 4.79. The molecule has 0 bridgehead atoms. The molecular formula is C16H27FN2O2. The molecule has 5 heteroatoms. The smallest absolute Gasteiger partial charge is 0.236 e. The monoisotopic (exact) mass is 298 g/mol.